The zero-order chi connectivity index (χ0) is 14.1. The lowest BCUT2D eigenvalue weighted by Crippen LogP contribution is -2.23. The largest absolute Gasteiger partial charge is 0.344 e. The van der Waals surface area contributed by atoms with Crippen LogP contribution in [0.2, 0.25) is 19.6 Å². The molecule has 1 heterocycles. The van der Waals surface area contributed by atoms with Crippen molar-refractivity contribution in [1.82, 2.24) is 0 Å². The average molecular weight is 274 g/mol. The third-order valence-electron chi connectivity index (χ3n) is 3.14. The molecule has 1 aliphatic rings. The van der Waals surface area contributed by atoms with Gasteiger partial charge >= 0.3 is 0 Å². The Morgan fingerprint density at radius 1 is 1.16 bits per heavy atom. The Morgan fingerprint density at radius 2 is 1.79 bits per heavy atom. The van der Waals surface area contributed by atoms with E-state index in [1.807, 2.05) is 6.92 Å². The zero-order valence-electron chi connectivity index (χ0n) is 12.5. The minimum absolute atomic E-state index is 0.588. The number of benzene rings is 1. The first-order chi connectivity index (χ1) is 8.80. The van der Waals surface area contributed by atoms with E-state index in [1.54, 1.807) is 0 Å². The lowest BCUT2D eigenvalue weighted by molar-refractivity contribution is -0.150. The molecule has 1 aromatic rings. The smallest absolute Gasteiger partial charge is 0.192 e. The second-order valence-electron chi connectivity index (χ2n) is 6.17. The van der Waals surface area contributed by atoms with Gasteiger partial charge in [0, 0.05) is 11.1 Å². The summed E-state index contributed by atoms with van der Waals surface area (Å²) in [6.07, 6.45) is 0. The first-order valence-corrected chi connectivity index (χ1v) is 10.2. The van der Waals surface area contributed by atoms with Gasteiger partial charge in [0.25, 0.3) is 0 Å². The van der Waals surface area contributed by atoms with Crippen LogP contribution in [-0.4, -0.2) is 21.3 Å². The summed E-state index contributed by atoms with van der Waals surface area (Å²) >= 11 is 0. The summed E-state index contributed by atoms with van der Waals surface area (Å²) in [5, 5.41) is 0. The van der Waals surface area contributed by atoms with Crippen molar-refractivity contribution in [2.45, 2.75) is 39.3 Å². The first-order valence-electron chi connectivity index (χ1n) is 6.72. The topological polar surface area (TPSA) is 18.5 Å². The second kappa shape index (κ2) is 5.13. The number of hydrogen-bond acceptors (Lipinski definition) is 2. The molecule has 3 heteroatoms. The van der Waals surface area contributed by atoms with Crippen molar-refractivity contribution in [1.29, 1.82) is 0 Å². The van der Waals surface area contributed by atoms with Crippen LogP contribution >= 0.6 is 0 Å². The summed E-state index contributed by atoms with van der Waals surface area (Å²) < 4.78 is 11.4. The predicted molar refractivity (Wildman–Crippen MR) is 80.7 cm³/mol. The molecule has 0 aliphatic carbocycles. The van der Waals surface area contributed by atoms with Crippen LogP contribution in [-0.2, 0) is 15.3 Å². The van der Waals surface area contributed by atoms with Crippen LogP contribution < -0.4 is 0 Å². The summed E-state index contributed by atoms with van der Waals surface area (Å²) in [5.74, 6) is 2.70. The van der Waals surface area contributed by atoms with E-state index in [0.717, 1.165) is 11.1 Å². The van der Waals surface area contributed by atoms with Gasteiger partial charge in [0.05, 0.1) is 13.2 Å². The second-order valence-corrected chi connectivity index (χ2v) is 10.9. The molecule has 2 nitrogen and oxygen atoms in total. The Hall–Kier alpha value is -1.08. The highest BCUT2D eigenvalue weighted by atomic mass is 28.3. The zero-order valence-corrected chi connectivity index (χ0v) is 13.5. The Kier molecular flexibility index (Phi) is 3.87. The quantitative estimate of drug-likeness (QED) is 0.577. The number of ether oxygens (including phenoxy) is 2. The Labute approximate surface area is 117 Å². The average Bonchev–Trinajstić information content (AvgIpc) is 2.73. The van der Waals surface area contributed by atoms with Crippen LogP contribution in [0.1, 0.15) is 23.6 Å². The van der Waals surface area contributed by atoms with Crippen molar-refractivity contribution in [2.24, 2.45) is 0 Å². The minimum atomic E-state index is -1.32. The van der Waals surface area contributed by atoms with E-state index in [0.29, 0.717) is 13.2 Å². The van der Waals surface area contributed by atoms with Crippen molar-refractivity contribution >= 4 is 8.07 Å². The summed E-state index contributed by atoms with van der Waals surface area (Å²) in [4.78, 5) is 0. The van der Waals surface area contributed by atoms with Gasteiger partial charge in [0.15, 0.2) is 5.79 Å². The highest BCUT2D eigenvalue weighted by Crippen LogP contribution is 2.33. The van der Waals surface area contributed by atoms with E-state index >= 15 is 0 Å². The van der Waals surface area contributed by atoms with E-state index in [-0.39, 0.29) is 0 Å². The van der Waals surface area contributed by atoms with Crippen molar-refractivity contribution in [3.63, 3.8) is 0 Å². The molecule has 0 N–H and O–H groups in total. The highest BCUT2D eigenvalue weighted by molar-refractivity contribution is 6.83. The predicted octanol–water partition coefficient (Wildman–Crippen LogP) is 3.44. The van der Waals surface area contributed by atoms with Crippen molar-refractivity contribution in [3.8, 4) is 11.5 Å². The van der Waals surface area contributed by atoms with Gasteiger partial charge in [-0.3, -0.25) is 0 Å². The summed E-state index contributed by atoms with van der Waals surface area (Å²) in [6.45, 7) is 12.1. The van der Waals surface area contributed by atoms with Gasteiger partial charge in [-0.2, -0.15) is 0 Å². The molecule has 1 aliphatic heterocycles. The van der Waals surface area contributed by atoms with E-state index in [9.17, 15) is 0 Å². The van der Waals surface area contributed by atoms with Crippen LogP contribution in [0, 0.1) is 18.4 Å². The lowest BCUT2D eigenvalue weighted by atomic mass is 9.99. The van der Waals surface area contributed by atoms with Gasteiger partial charge in [-0.05, 0) is 31.5 Å². The standard InChI is InChI=1S/C16H22O2Si/c1-13-12-14(8-11-19(3,4)5)6-7-15(13)16(2)17-9-10-18-16/h6-7,12H,9-10H2,1-5H3. The molecule has 1 fully saturated rings. The van der Waals surface area contributed by atoms with Gasteiger partial charge < -0.3 is 9.47 Å². The van der Waals surface area contributed by atoms with Gasteiger partial charge in [-0.1, -0.05) is 31.6 Å². The fraction of sp³-hybridized carbons (Fsp3) is 0.500. The van der Waals surface area contributed by atoms with Crippen molar-refractivity contribution in [2.75, 3.05) is 13.2 Å². The van der Waals surface area contributed by atoms with Gasteiger partial charge in [0.1, 0.15) is 8.07 Å². The third-order valence-corrected chi connectivity index (χ3v) is 4.01. The molecule has 1 aromatic carbocycles. The normalized spacial score (nSPS) is 17.9. The molecule has 0 aromatic heterocycles. The fourth-order valence-corrected chi connectivity index (χ4v) is 2.70. The molecule has 1 saturated heterocycles. The molecule has 0 atom stereocenters. The Bertz CT molecular complexity index is 526. The molecule has 19 heavy (non-hydrogen) atoms. The maximum atomic E-state index is 5.71. The molecular formula is C16H22O2Si. The van der Waals surface area contributed by atoms with E-state index in [2.05, 4.69) is 56.2 Å². The molecule has 0 bridgehead atoms. The Morgan fingerprint density at radius 3 is 2.32 bits per heavy atom. The molecule has 0 spiro atoms. The number of aryl methyl sites for hydroxylation is 1. The Balaban J connectivity index is 2.29. The molecule has 0 unspecified atom stereocenters. The van der Waals surface area contributed by atoms with E-state index < -0.39 is 13.9 Å². The third kappa shape index (κ3) is 3.47. The van der Waals surface area contributed by atoms with Crippen molar-refractivity contribution in [3.05, 3.63) is 34.9 Å². The number of hydrogen-bond donors (Lipinski definition) is 0. The highest BCUT2D eigenvalue weighted by Gasteiger charge is 2.34. The lowest BCUT2D eigenvalue weighted by Gasteiger charge is -2.24. The molecule has 0 radical (unpaired) electrons. The maximum absolute atomic E-state index is 5.71. The van der Waals surface area contributed by atoms with Gasteiger partial charge in [-0.25, -0.2) is 0 Å². The minimum Gasteiger partial charge on any atom is -0.344 e. The molecule has 0 amide bonds. The number of rotatable bonds is 1. The van der Waals surface area contributed by atoms with Gasteiger partial charge in [0.2, 0.25) is 0 Å². The van der Waals surface area contributed by atoms with Crippen LogP contribution in [0.15, 0.2) is 18.2 Å². The molecule has 0 saturated carbocycles. The van der Waals surface area contributed by atoms with Crippen LogP contribution in [0.3, 0.4) is 0 Å². The van der Waals surface area contributed by atoms with Gasteiger partial charge in [-0.15, -0.1) is 5.54 Å². The van der Waals surface area contributed by atoms with Crippen LogP contribution in [0.5, 0.6) is 0 Å². The first kappa shape index (κ1) is 14.3. The summed E-state index contributed by atoms with van der Waals surface area (Å²) in [6, 6.07) is 6.26. The van der Waals surface area contributed by atoms with E-state index in [1.165, 1.54) is 5.56 Å². The molecular weight excluding hydrogens is 252 g/mol. The fourth-order valence-electron chi connectivity index (χ4n) is 2.18. The van der Waals surface area contributed by atoms with E-state index in [4.69, 9.17) is 9.47 Å². The van der Waals surface area contributed by atoms with Crippen molar-refractivity contribution < 1.29 is 9.47 Å². The monoisotopic (exact) mass is 274 g/mol. The molecule has 102 valence electrons. The maximum Gasteiger partial charge on any atom is 0.192 e. The summed E-state index contributed by atoms with van der Waals surface area (Å²) in [5.41, 5.74) is 6.74. The SMILES string of the molecule is Cc1cc(C#C[Si](C)(C)C)ccc1C1(C)OCCO1. The summed E-state index contributed by atoms with van der Waals surface area (Å²) in [7, 11) is -1.32. The van der Waals surface area contributed by atoms with Crippen LogP contribution in [0.25, 0.3) is 0 Å². The van der Waals surface area contributed by atoms with Crippen LogP contribution in [0.4, 0.5) is 0 Å². The molecule has 2 rings (SSSR count).